The lowest BCUT2D eigenvalue weighted by Crippen LogP contribution is -2.28. The zero-order valence-electron chi connectivity index (χ0n) is 7.54. The lowest BCUT2D eigenvalue weighted by molar-refractivity contribution is -0.125. The van der Waals surface area contributed by atoms with Crippen molar-refractivity contribution in [3.05, 3.63) is 34.6 Å². The summed E-state index contributed by atoms with van der Waals surface area (Å²) >= 11 is 5.62. The van der Waals surface area contributed by atoms with Gasteiger partial charge < -0.3 is 5.32 Å². The van der Waals surface area contributed by atoms with E-state index in [0.29, 0.717) is 5.56 Å². The van der Waals surface area contributed by atoms with Crippen molar-refractivity contribution in [3.8, 4) is 0 Å². The fourth-order valence-electron chi connectivity index (χ4n) is 1.00. The second-order valence-corrected chi connectivity index (χ2v) is 3.36. The van der Waals surface area contributed by atoms with Gasteiger partial charge in [-0.2, -0.15) is 13.2 Å². The average Bonchev–Trinajstić information content (AvgIpc) is 2.07. The minimum absolute atomic E-state index is 0.0430. The van der Waals surface area contributed by atoms with Crippen LogP contribution < -0.4 is 5.32 Å². The Labute approximate surface area is 89.0 Å². The highest BCUT2D eigenvalue weighted by Gasteiger charge is 2.26. The molecule has 1 nitrogen and oxygen atoms in total. The zero-order valence-corrected chi connectivity index (χ0v) is 8.29. The average molecular weight is 242 g/mol. The Bertz CT molecular complexity index is 337. The van der Waals surface area contributed by atoms with Crippen molar-refractivity contribution in [2.45, 2.75) is 12.7 Å². The van der Waals surface area contributed by atoms with Crippen LogP contribution in [-0.2, 0) is 6.54 Å². The summed E-state index contributed by atoms with van der Waals surface area (Å²) < 4.78 is 47.9. The molecule has 1 rings (SSSR count). The molecule has 6 heteroatoms. The largest absolute Gasteiger partial charge is 0.401 e. The van der Waals surface area contributed by atoms with E-state index in [1.54, 1.807) is 0 Å². The van der Waals surface area contributed by atoms with E-state index < -0.39 is 18.5 Å². The highest BCUT2D eigenvalue weighted by atomic mass is 35.5. The number of hydrogen-bond acceptors (Lipinski definition) is 1. The molecular weight excluding hydrogens is 234 g/mol. The quantitative estimate of drug-likeness (QED) is 0.802. The van der Waals surface area contributed by atoms with Crippen LogP contribution in [0.1, 0.15) is 5.56 Å². The summed E-state index contributed by atoms with van der Waals surface area (Å²) in [5, 5.41) is 2.29. The van der Waals surface area contributed by atoms with E-state index >= 15 is 0 Å². The standard InChI is InChI=1S/C9H8ClF4N/c10-8-3-7(11)2-1-6(8)4-15-5-9(12,13)14/h1-3,15H,4-5H2. The molecule has 1 aromatic rings. The molecule has 0 radical (unpaired) electrons. The molecule has 0 aromatic heterocycles. The third kappa shape index (κ3) is 4.48. The van der Waals surface area contributed by atoms with Crippen LogP contribution in [0.4, 0.5) is 17.6 Å². The van der Waals surface area contributed by atoms with Crippen LogP contribution in [0.15, 0.2) is 18.2 Å². The summed E-state index contributed by atoms with van der Waals surface area (Å²) in [6, 6.07) is 3.56. The molecule has 0 unspecified atom stereocenters. The molecule has 1 aromatic carbocycles. The molecule has 0 atom stereocenters. The summed E-state index contributed by atoms with van der Waals surface area (Å²) in [7, 11) is 0. The van der Waals surface area contributed by atoms with Crippen LogP contribution in [0.3, 0.4) is 0 Å². The first-order chi connectivity index (χ1) is 6.88. The molecule has 0 saturated carbocycles. The first-order valence-corrected chi connectivity index (χ1v) is 4.48. The normalized spacial score (nSPS) is 11.8. The van der Waals surface area contributed by atoms with Crippen molar-refractivity contribution >= 4 is 11.6 Å². The summed E-state index contributed by atoms with van der Waals surface area (Å²) in [6.45, 7) is -1.14. The van der Waals surface area contributed by atoms with Crippen LogP contribution >= 0.6 is 11.6 Å². The van der Waals surface area contributed by atoms with Gasteiger partial charge >= 0.3 is 6.18 Å². The Morgan fingerprint density at radius 1 is 1.27 bits per heavy atom. The smallest absolute Gasteiger partial charge is 0.305 e. The first-order valence-electron chi connectivity index (χ1n) is 4.10. The minimum Gasteiger partial charge on any atom is -0.305 e. The first kappa shape index (κ1) is 12.3. The van der Waals surface area contributed by atoms with Gasteiger partial charge in [0.1, 0.15) is 5.82 Å². The van der Waals surface area contributed by atoms with E-state index in [-0.39, 0.29) is 11.6 Å². The van der Waals surface area contributed by atoms with Gasteiger partial charge in [0.25, 0.3) is 0 Å². The molecule has 0 saturated heterocycles. The van der Waals surface area contributed by atoms with Gasteiger partial charge in [0.15, 0.2) is 0 Å². The highest BCUT2D eigenvalue weighted by Crippen LogP contribution is 2.18. The van der Waals surface area contributed by atoms with Crippen LogP contribution in [0, 0.1) is 5.82 Å². The van der Waals surface area contributed by atoms with Crippen molar-refractivity contribution in [2.24, 2.45) is 0 Å². The molecule has 1 N–H and O–H groups in total. The number of rotatable bonds is 3. The van der Waals surface area contributed by atoms with Gasteiger partial charge in [-0.1, -0.05) is 17.7 Å². The third-order valence-corrected chi connectivity index (χ3v) is 2.01. The van der Waals surface area contributed by atoms with Crippen molar-refractivity contribution in [3.63, 3.8) is 0 Å². The summed E-state index contributed by atoms with van der Waals surface area (Å²) in [5.74, 6) is -0.514. The topological polar surface area (TPSA) is 12.0 Å². The molecule has 0 aliphatic rings. The highest BCUT2D eigenvalue weighted by molar-refractivity contribution is 6.31. The maximum Gasteiger partial charge on any atom is 0.401 e. The lowest BCUT2D eigenvalue weighted by atomic mass is 10.2. The molecule has 0 spiro atoms. The molecule has 15 heavy (non-hydrogen) atoms. The van der Waals surface area contributed by atoms with E-state index in [0.717, 1.165) is 12.1 Å². The van der Waals surface area contributed by atoms with Gasteiger partial charge in [0.05, 0.1) is 6.54 Å². The number of alkyl halides is 3. The minimum atomic E-state index is -4.26. The van der Waals surface area contributed by atoms with Gasteiger partial charge in [0, 0.05) is 11.6 Å². The Hall–Kier alpha value is -0.810. The van der Waals surface area contributed by atoms with Gasteiger partial charge in [-0.15, -0.1) is 0 Å². The predicted octanol–water partition coefficient (Wildman–Crippen LogP) is 3.13. The number of hydrogen-bond donors (Lipinski definition) is 1. The summed E-state index contributed by atoms with van der Waals surface area (Å²) in [5.41, 5.74) is 0.433. The van der Waals surface area contributed by atoms with E-state index in [1.165, 1.54) is 6.07 Å². The van der Waals surface area contributed by atoms with E-state index in [2.05, 4.69) is 5.32 Å². The van der Waals surface area contributed by atoms with Crippen molar-refractivity contribution in [1.82, 2.24) is 5.32 Å². The van der Waals surface area contributed by atoms with Crippen molar-refractivity contribution in [1.29, 1.82) is 0 Å². The summed E-state index contributed by atoms with van der Waals surface area (Å²) in [4.78, 5) is 0. The fraction of sp³-hybridized carbons (Fsp3) is 0.333. The van der Waals surface area contributed by atoms with Gasteiger partial charge in [-0.05, 0) is 17.7 Å². The zero-order chi connectivity index (χ0) is 11.5. The second kappa shape index (κ2) is 4.81. The van der Waals surface area contributed by atoms with Crippen LogP contribution in [0.2, 0.25) is 5.02 Å². The fourth-order valence-corrected chi connectivity index (χ4v) is 1.24. The van der Waals surface area contributed by atoms with E-state index in [1.807, 2.05) is 0 Å². The van der Waals surface area contributed by atoms with Crippen LogP contribution in [-0.4, -0.2) is 12.7 Å². The Kier molecular flexibility index (Phi) is 3.93. The molecule has 0 amide bonds. The maximum absolute atomic E-state index is 12.6. The monoisotopic (exact) mass is 241 g/mol. The number of nitrogens with one attached hydrogen (secondary N) is 1. The van der Waals surface area contributed by atoms with E-state index in [9.17, 15) is 17.6 Å². The second-order valence-electron chi connectivity index (χ2n) is 2.95. The molecule has 0 bridgehead atoms. The Balaban J connectivity index is 2.51. The summed E-state index contributed by atoms with van der Waals surface area (Å²) in [6.07, 6.45) is -4.26. The van der Waals surface area contributed by atoms with Crippen LogP contribution in [0.25, 0.3) is 0 Å². The number of halogens is 5. The van der Waals surface area contributed by atoms with Crippen LogP contribution in [0.5, 0.6) is 0 Å². The maximum atomic E-state index is 12.6. The Morgan fingerprint density at radius 3 is 2.47 bits per heavy atom. The molecule has 84 valence electrons. The van der Waals surface area contributed by atoms with Gasteiger partial charge in [-0.3, -0.25) is 0 Å². The lowest BCUT2D eigenvalue weighted by Gasteiger charge is -2.09. The molecule has 0 fully saturated rings. The molecule has 0 aliphatic heterocycles. The van der Waals surface area contributed by atoms with Crippen molar-refractivity contribution < 1.29 is 17.6 Å². The molecule has 0 heterocycles. The molecular formula is C9H8ClF4N. The van der Waals surface area contributed by atoms with Gasteiger partial charge in [-0.25, -0.2) is 4.39 Å². The van der Waals surface area contributed by atoms with Gasteiger partial charge in [0.2, 0.25) is 0 Å². The van der Waals surface area contributed by atoms with E-state index in [4.69, 9.17) is 11.6 Å². The predicted molar refractivity (Wildman–Crippen MR) is 49.2 cm³/mol. The molecule has 0 aliphatic carbocycles. The number of benzene rings is 1. The SMILES string of the molecule is Fc1ccc(CNCC(F)(F)F)c(Cl)c1. The third-order valence-electron chi connectivity index (χ3n) is 1.66. The van der Waals surface area contributed by atoms with Crippen molar-refractivity contribution in [2.75, 3.05) is 6.54 Å². The Morgan fingerprint density at radius 2 is 1.93 bits per heavy atom.